The molecule has 0 saturated carbocycles. The fourth-order valence-corrected chi connectivity index (χ4v) is 2.72. The van der Waals surface area contributed by atoms with Gasteiger partial charge >= 0.3 is 0 Å². The van der Waals surface area contributed by atoms with Gasteiger partial charge in [0.25, 0.3) is 0 Å². The Morgan fingerprint density at radius 1 is 1.30 bits per heavy atom. The summed E-state index contributed by atoms with van der Waals surface area (Å²) in [6, 6.07) is 2.11. The number of thiophene rings is 1. The van der Waals surface area contributed by atoms with Crippen LogP contribution in [0.25, 0.3) is 10.2 Å². The van der Waals surface area contributed by atoms with E-state index in [0.29, 0.717) is 25.0 Å². The lowest BCUT2D eigenvalue weighted by Gasteiger charge is -2.10. The molecule has 0 aliphatic heterocycles. The van der Waals surface area contributed by atoms with E-state index in [9.17, 15) is 0 Å². The van der Waals surface area contributed by atoms with Crippen molar-refractivity contribution in [3.8, 4) is 5.88 Å². The monoisotopic (exact) mass is 295 g/mol. The van der Waals surface area contributed by atoms with Gasteiger partial charge < -0.3 is 14.8 Å². The molecule has 0 saturated heterocycles. The minimum absolute atomic E-state index is 0.213. The van der Waals surface area contributed by atoms with Gasteiger partial charge in [0, 0.05) is 11.9 Å². The molecule has 0 amide bonds. The zero-order valence-corrected chi connectivity index (χ0v) is 13.2. The average molecular weight is 295 g/mol. The van der Waals surface area contributed by atoms with E-state index in [1.54, 1.807) is 18.4 Å². The van der Waals surface area contributed by atoms with E-state index in [1.165, 1.54) is 4.88 Å². The summed E-state index contributed by atoms with van der Waals surface area (Å²) in [5.41, 5.74) is 0. The van der Waals surface area contributed by atoms with Crippen molar-refractivity contribution in [3.63, 3.8) is 0 Å². The predicted molar refractivity (Wildman–Crippen MR) is 82.9 cm³/mol. The predicted octanol–water partition coefficient (Wildman–Crippen LogP) is 3.10. The lowest BCUT2D eigenvalue weighted by molar-refractivity contribution is 0.0546. The Balaban J connectivity index is 2.18. The molecule has 0 spiro atoms. The summed E-state index contributed by atoms with van der Waals surface area (Å²) in [4.78, 5) is 11.1. The first-order valence-corrected chi connectivity index (χ1v) is 7.68. The van der Waals surface area contributed by atoms with Crippen LogP contribution in [0.3, 0.4) is 0 Å². The van der Waals surface area contributed by atoms with Crippen LogP contribution in [0.5, 0.6) is 5.88 Å². The van der Waals surface area contributed by atoms with Gasteiger partial charge in [-0.2, -0.15) is 4.98 Å². The molecule has 2 aromatic rings. The third-order valence-electron chi connectivity index (χ3n) is 2.75. The molecule has 0 aromatic carbocycles. The second kappa shape index (κ2) is 6.85. The summed E-state index contributed by atoms with van der Waals surface area (Å²) >= 11 is 1.68. The lowest BCUT2D eigenvalue weighted by atomic mass is 10.3. The molecule has 2 heterocycles. The molecular weight excluding hydrogens is 274 g/mol. The molecule has 0 aliphatic rings. The maximum atomic E-state index is 5.76. The van der Waals surface area contributed by atoms with Crippen LogP contribution in [0.15, 0.2) is 6.07 Å². The topological polar surface area (TPSA) is 56.3 Å². The molecule has 0 atom stereocenters. The standard InChI is InChI=1S/C14H21N3O2S/c1-5-10-8-11-12(19-7-6-18-9(2)3)16-14(15-4)17-13(11)20-10/h8-9H,5-7H2,1-4H3,(H,15,16,17). The van der Waals surface area contributed by atoms with Gasteiger partial charge in [-0.1, -0.05) is 6.92 Å². The van der Waals surface area contributed by atoms with Gasteiger partial charge in [0.2, 0.25) is 11.8 Å². The zero-order valence-electron chi connectivity index (χ0n) is 12.4. The van der Waals surface area contributed by atoms with Crippen LogP contribution in [-0.4, -0.2) is 36.3 Å². The molecule has 1 N–H and O–H groups in total. The van der Waals surface area contributed by atoms with E-state index in [0.717, 1.165) is 16.6 Å². The number of aryl methyl sites for hydroxylation is 1. The number of nitrogens with one attached hydrogen (secondary N) is 1. The number of hydrogen-bond acceptors (Lipinski definition) is 6. The Labute approximate surface area is 123 Å². The van der Waals surface area contributed by atoms with Crippen molar-refractivity contribution in [2.75, 3.05) is 25.6 Å². The number of anilines is 1. The van der Waals surface area contributed by atoms with Crippen LogP contribution in [0, 0.1) is 0 Å². The minimum atomic E-state index is 0.213. The number of aromatic nitrogens is 2. The maximum Gasteiger partial charge on any atom is 0.227 e. The first-order valence-electron chi connectivity index (χ1n) is 6.86. The summed E-state index contributed by atoms with van der Waals surface area (Å²) < 4.78 is 11.2. The second-order valence-electron chi connectivity index (χ2n) is 4.66. The molecular formula is C14H21N3O2S. The fourth-order valence-electron chi connectivity index (χ4n) is 1.76. The summed E-state index contributed by atoms with van der Waals surface area (Å²) in [6.07, 6.45) is 1.20. The highest BCUT2D eigenvalue weighted by Gasteiger charge is 2.12. The van der Waals surface area contributed by atoms with Crippen LogP contribution in [0.1, 0.15) is 25.6 Å². The van der Waals surface area contributed by atoms with E-state index in [-0.39, 0.29) is 6.10 Å². The fraction of sp³-hybridized carbons (Fsp3) is 0.571. The van der Waals surface area contributed by atoms with Crippen molar-refractivity contribution in [3.05, 3.63) is 10.9 Å². The van der Waals surface area contributed by atoms with Crippen molar-refractivity contribution in [1.29, 1.82) is 0 Å². The molecule has 6 heteroatoms. The first-order chi connectivity index (χ1) is 9.63. The van der Waals surface area contributed by atoms with Crippen molar-refractivity contribution in [1.82, 2.24) is 9.97 Å². The number of nitrogens with zero attached hydrogens (tertiary/aromatic N) is 2. The highest BCUT2D eigenvalue weighted by atomic mass is 32.1. The van der Waals surface area contributed by atoms with Gasteiger partial charge in [-0.25, -0.2) is 4.98 Å². The summed E-state index contributed by atoms with van der Waals surface area (Å²) in [6.45, 7) is 7.20. The first kappa shape index (κ1) is 15.0. The van der Waals surface area contributed by atoms with E-state index in [1.807, 2.05) is 13.8 Å². The third-order valence-corrected chi connectivity index (χ3v) is 3.93. The number of fused-ring (bicyclic) bond motifs is 1. The van der Waals surface area contributed by atoms with Crippen molar-refractivity contribution < 1.29 is 9.47 Å². The molecule has 0 unspecified atom stereocenters. The lowest BCUT2D eigenvalue weighted by Crippen LogP contribution is -2.12. The number of hydrogen-bond donors (Lipinski definition) is 1. The Hall–Kier alpha value is -1.40. The van der Waals surface area contributed by atoms with Crippen LogP contribution >= 0.6 is 11.3 Å². The molecule has 0 bridgehead atoms. The summed E-state index contributed by atoms with van der Waals surface area (Å²) in [7, 11) is 1.81. The quantitative estimate of drug-likeness (QED) is 0.795. The Morgan fingerprint density at radius 3 is 2.75 bits per heavy atom. The van der Waals surface area contributed by atoms with Crippen LogP contribution < -0.4 is 10.1 Å². The van der Waals surface area contributed by atoms with E-state index in [2.05, 4.69) is 28.3 Å². The molecule has 110 valence electrons. The second-order valence-corrected chi connectivity index (χ2v) is 5.77. The van der Waals surface area contributed by atoms with Gasteiger partial charge in [0.1, 0.15) is 11.4 Å². The third kappa shape index (κ3) is 3.58. The average Bonchev–Trinajstić information content (AvgIpc) is 2.86. The van der Waals surface area contributed by atoms with Gasteiger partial charge in [-0.05, 0) is 26.3 Å². The summed E-state index contributed by atoms with van der Waals surface area (Å²) in [5, 5.41) is 3.95. The van der Waals surface area contributed by atoms with Crippen LogP contribution in [-0.2, 0) is 11.2 Å². The van der Waals surface area contributed by atoms with Crippen molar-refractivity contribution in [2.45, 2.75) is 33.3 Å². The molecule has 0 aliphatic carbocycles. The van der Waals surface area contributed by atoms with Gasteiger partial charge in [0.15, 0.2) is 0 Å². The number of rotatable bonds is 7. The van der Waals surface area contributed by atoms with Crippen molar-refractivity contribution in [2.24, 2.45) is 0 Å². The van der Waals surface area contributed by atoms with Crippen molar-refractivity contribution >= 4 is 27.5 Å². The normalized spacial score (nSPS) is 11.2. The summed E-state index contributed by atoms with van der Waals surface area (Å²) in [5.74, 6) is 1.21. The Kier molecular flexibility index (Phi) is 5.14. The maximum absolute atomic E-state index is 5.76. The highest BCUT2D eigenvalue weighted by Crippen LogP contribution is 2.31. The van der Waals surface area contributed by atoms with E-state index >= 15 is 0 Å². The molecule has 20 heavy (non-hydrogen) atoms. The molecule has 2 aromatic heterocycles. The molecule has 0 radical (unpaired) electrons. The van der Waals surface area contributed by atoms with E-state index in [4.69, 9.17) is 9.47 Å². The Bertz CT molecular complexity index is 569. The van der Waals surface area contributed by atoms with Crippen LogP contribution in [0.4, 0.5) is 5.95 Å². The smallest absolute Gasteiger partial charge is 0.227 e. The van der Waals surface area contributed by atoms with E-state index < -0.39 is 0 Å². The van der Waals surface area contributed by atoms with Gasteiger partial charge in [0.05, 0.1) is 18.1 Å². The molecule has 5 nitrogen and oxygen atoms in total. The largest absolute Gasteiger partial charge is 0.475 e. The molecule has 0 fully saturated rings. The number of ether oxygens (including phenoxy) is 2. The van der Waals surface area contributed by atoms with Crippen LogP contribution in [0.2, 0.25) is 0 Å². The van der Waals surface area contributed by atoms with Gasteiger partial charge in [-0.15, -0.1) is 11.3 Å². The highest BCUT2D eigenvalue weighted by molar-refractivity contribution is 7.18. The zero-order chi connectivity index (χ0) is 14.5. The Morgan fingerprint density at radius 2 is 2.10 bits per heavy atom. The molecule has 2 rings (SSSR count). The van der Waals surface area contributed by atoms with Gasteiger partial charge in [-0.3, -0.25) is 0 Å². The SMILES string of the molecule is CCc1cc2c(OCCOC(C)C)nc(NC)nc2s1. The minimum Gasteiger partial charge on any atom is -0.475 e.